The molecule has 1 fully saturated rings. The van der Waals surface area contributed by atoms with Crippen LogP contribution in [-0.2, 0) is 9.30 Å². The van der Waals surface area contributed by atoms with Gasteiger partial charge in [-0.15, -0.1) is 0 Å². The lowest BCUT2D eigenvalue weighted by Crippen LogP contribution is -2.34. The summed E-state index contributed by atoms with van der Waals surface area (Å²) in [6, 6.07) is 0. The largest absolute Gasteiger partial charge is 0.388 e. The van der Waals surface area contributed by atoms with Crippen LogP contribution in [0.3, 0.4) is 0 Å². The molecule has 1 heterocycles. The number of rotatable bonds is 1. The molecule has 0 spiro atoms. The van der Waals surface area contributed by atoms with Crippen LogP contribution in [0.25, 0.3) is 0 Å². The summed E-state index contributed by atoms with van der Waals surface area (Å²) < 4.78 is 15.1. The fraction of sp³-hybridized carbons (Fsp3) is 1.00. The second-order valence-corrected chi connectivity index (χ2v) is 4.39. The third kappa shape index (κ3) is 1.34. The number of halogens is 1. The Morgan fingerprint density at radius 1 is 1.70 bits per heavy atom. The summed E-state index contributed by atoms with van der Waals surface area (Å²) in [6.07, 6.45) is 0. The second-order valence-electron chi connectivity index (χ2n) is 1.88. The molecule has 0 saturated carbocycles. The van der Waals surface area contributed by atoms with Crippen molar-refractivity contribution in [3.63, 3.8) is 0 Å². The number of alkyl halides is 1. The van der Waals surface area contributed by atoms with Crippen molar-refractivity contribution in [2.45, 2.75) is 4.93 Å². The molecule has 1 atom stereocenters. The van der Waals surface area contributed by atoms with E-state index in [0.29, 0.717) is 6.54 Å². The Bertz CT molecular complexity index is 173. The first-order valence-corrected chi connectivity index (χ1v) is 4.58. The molecular weight excluding hydrogens is 180 g/mol. The van der Waals surface area contributed by atoms with E-state index in [4.69, 9.17) is 21.4 Å². The van der Waals surface area contributed by atoms with Crippen LogP contribution in [0.5, 0.6) is 0 Å². The van der Waals surface area contributed by atoms with E-state index < -0.39 is 12.5 Å². The summed E-state index contributed by atoms with van der Waals surface area (Å²) in [6.45, 7) is 0.573. The molecule has 0 amide bonds. The van der Waals surface area contributed by atoms with Gasteiger partial charge in [-0.3, -0.25) is 9.88 Å². The SMILES string of the molecule is O=P(O)(O)C1(Cl)NCCO1. The predicted molar refractivity (Wildman–Crippen MR) is 34.6 cm³/mol. The van der Waals surface area contributed by atoms with E-state index in [1.807, 2.05) is 0 Å². The Labute approximate surface area is 62.5 Å². The molecule has 0 aromatic rings. The summed E-state index contributed by atoms with van der Waals surface area (Å²) in [5.41, 5.74) is 0. The zero-order chi connectivity index (χ0) is 7.83. The van der Waals surface area contributed by atoms with Gasteiger partial charge in [0.15, 0.2) is 0 Å². The summed E-state index contributed by atoms with van der Waals surface area (Å²) >= 11 is 5.35. The molecule has 0 bridgehead atoms. The van der Waals surface area contributed by atoms with Crippen LogP contribution >= 0.6 is 19.2 Å². The van der Waals surface area contributed by atoms with Crippen molar-refractivity contribution in [3.05, 3.63) is 0 Å². The van der Waals surface area contributed by atoms with Gasteiger partial charge in [0.25, 0.3) is 0 Å². The van der Waals surface area contributed by atoms with Crippen LogP contribution in [0.4, 0.5) is 0 Å². The maximum absolute atomic E-state index is 10.5. The maximum Gasteiger partial charge on any atom is 0.388 e. The van der Waals surface area contributed by atoms with Crippen molar-refractivity contribution in [3.8, 4) is 0 Å². The molecule has 1 saturated heterocycles. The monoisotopic (exact) mass is 187 g/mol. The van der Waals surface area contributed by atoms with Gasteiger partial charge in [0, 0.05) is 6.54 Å². The van der Waals surface area contributed by atoms with Gasteiger partial charge in [-0.05, 0) is 0 Å². The second kappa shape index (κ2) is 2.44. The summed E-state index contributed by atoms with van der Waals surface area (Å²) in [7, 11) is -4.39. The molecule has 10 heavy (non-hydrogen) atoms. The van der Waals surface area contributed by atoms with E-state index >= 15 is 0 Å². The average Bonchev–Trinajstić information content (AvgIpc) is 2.13. The normalized spacial score (nSPS) is 34.7. The minimum absolute atomic E-state index is 0.217. The van der Waals surface area contributed by atoms with E-state index in [9.17, 15) is 4.57 Å². The Morgan fingerprint density at radius 3 is 2.50 bits per heavy atom. The van der Waals surface area contributed by atoms with Crippen LogP contribution in [0.15, 0.2) is 0 Å². The highest BCUT2D eigenvalue weighted by molar-refractivity contribution is 7.55. The van der Waals surface area contributed by atoms with Gasteiger partial charge < -0.3 is 14.5 Å². The molecule has 1 aliphatic rings. The van der Waals surface area contributed by atoms with Crippen molar-refractivity contribution >= 4 is 19.2 Å². The Balaban J connectivity index is 2.78. The molecule has 1 rings (SSSR count). The maximum atomic E-state index is 10.5. The van der Waals surface area contributed by atoms with Gasteiger partial charge >= 0.3 is 12.5 Å². The first kappa shape index (κ1) is 8.46. The molecular formula is C3H7ClNO4P. The average molecular weight is 188 g/mol. The van der Waals surface area contributed by atoms with Crippen LogP contribution in [0, 0.1) is 0 Å². The molecule has 60 valence electrons. The van der Waals surface area contributed by atoms with E-state index in [0.717, 1.165) is 0 Å². The fourth-order valence-electron chi connectivity index (χ4n) is 0.630. The zero-order valence-electron chi connectivity index (χ0n) is 4.95. The number of nitrogens with one attached hydrogen (secondary N) is 1. The van der Waals surface area contributed by atoms with Gasteiger partial charge in [-0.2, -0.15) is 0 Å². The van der Waals surface area contributed by atoms with Crippen molar-refractivity contribution in [2.24, 2.45) is 0 Å². The van der Waals surface area contributed by atoms with Crippen molar-refractivity contribution < 1.29 is 19.1 Å². The van der Waals surface area contributed by atoms with Gasteiger partial charge in [-0.25, -0.2) is 0 Å². The lowest BCUT2D eigenvalue weighted by molar-refractivity contribution is 0.102. The van der Waals surface area contributed by atoms with Gasteiger partial charge in [0.2, 0.25) is 0 Å². The van der Waals surface area contributed by atoms with Crippen molar-refractivity contribution in [2.75, 3.05) is 13.2 Å². The van der Waals surface area contributed by atoms with E-state index in [1.54, 1.807) is 0 Å². The fourth-order valence-corrected chi connectivity index (χ4v) is 1.38. The van der Waals surface area contributed by atoms with Crippen LogP contribution < -0.4 is 5.32 Å². The molecule has 0 aliphatic carbocycles. The lowest BCUT2D eigenvalue weighted by Gasteiger charge is -2.20. The van der Waals surface area contributed by atoms with Gasteiger partial charge in [0.05, 0.1) is 6.61 Å². The Morgan fingerprint density at radius 2 is 2.30 bits per heavy atom. The quantitative estimate of drug-likeness (QED) is 0.297. The predicted octanol–water partition coefficient (Wildman–Crippen LogP) is -0.366. The molecule has 1 unspecified atom stereocenters. The molecule has 0 aromatic carbocycles. The Hall–Kier alpha value is 0.360. The molecule has 0 radical (unpaired) electrons. The first-order valence-electron chi connectivity index (χ1n) is 2.59. The summed E-state index contributed by atoms with van der Waals surface area (Å²) in [5.74, 6) is 0. The molecule has 1 aliphatic heterocycles. The van der Waals surface area contributed by atoms with Crippen LogP contribution in [-0.4, -0.2) is 27.9 Å². The number of ether oxygens (including phenoxy) is 1. The van der Waals surface area contributed by atoms with E-state index in [2.05, 4.69) is 10.1 Å². The molecule has 3 N–H and O–H groups in total. The van der Waals surface area contributed by atoms with E-state index in [1.165, 1.54) is 0 Å². The minimum atomic E-state index is -4.39. The smallest absolute Gasteiger partial charge is 0.336 e. The third-order valence-electron chi connectivity index (χ3n) is 1.11. The highest BCUT2D eigenvalue weighted by atomic mass is 35.5. The Kier molecular flexibility index (Phi) is 2.07. The number of hydrogen-bond donors (Lipinski definition) is 3. The zero-order valence-corrected chi connectivity index (χ0v) is 6.60. The minimum Gasteiger partial charge on any atom is -0.336 e. The highest BCUT2D eigenvalue weighted by Gasteiger charge is 2.49. The summed E-state index contributed by atoms with van der Waals surface area (Å²) in [5, 5.41) is 2.35. The number of hydrogen-bond acceptors (Lipinski definition) is 3. The van der Waals surface area contributed by atoms with Crippen LogP contribution in [0.1, 0.15) is 0 Å². The van der Waals surface area contributed by atoms with Crippen molar-refractivity contribution in [1.82, 2.24) is 5.32 Å². The van der Waals surface area contributed by atoms with E-state index in [-0.39, 0.29) is 6.61 Å². The molecule has 5 nitrogen and oxygen atoms in total. The molecule has 0 aromatic heterocycles. The topological polar surface area (TPSA) is 78.8 Å². The third-order valence-corrected chi connectivity index (χ3v) is 3.05. The van der Waals surface area contributed by atoms with Gasteiger partial charge in [0.1, 0.15) is 0 Å². The summed E-state index contributed by atoms with van der Waals surface area (Å²) in [4.78, 5) is 15.2. The van der Waals surface area contributed by atoms with Crippen LogP contribution in [0.2, 0.25) is 0 Å². The standard InChI is InChI=1S/C3H7ClNO4P/c4-3(10(6,7)8)5-1-2-9-3/h5H,1-2H2,(H2,6,7,8). The van der Waals surface area contributed by atoms with Crippen molar-refractivity contribution in [1.29, 1.82) is 0 Å². The highest BCUT2D eigenvalue weighted by Crippen LogP contribution is 2.53. The molecule has 7 heteroatoms. The van der Waals surface area contributed by atoms with Gasteiger partial charge in [-0.1, -0.05) is 11.6 Å². The lowest BCUT2D eigenvalue weighted by atomic mass is 10.7. The first-order chi connectivity index (χ1) is 4.46.